The molecule has 0 aromatic heterocycles. The lowest BCUT2D eigenvalue weighted by Gasteiger charge is -2.32. The smallest absolute Gasteiger partial charge is 0.0603 e. The number of rotatable bonds is 5. The van der Waals surface area contributed by atoms with Crippen LogP contribution in [-0.4, -0.2) is 11.4 Å². The van der Waals surface area contributed by atoms with Crippen LogP contribution in [0.1, 0.15) is 55.4 Å². The summed E-state index contributed by atoms with van der Waals surface area (Å²) < 4.78 is 0. The van der Waals surface area contributed by atoms with Gasteiger partial charge >= 0.3 is 0 Å². The van der Waals surface area contributed by atoms with Crippen molar-refractivity contribution in [1.82, 2.24) is 0 Å². The van der Waals surface area contributed by atoms with E-state index in [9.17, 15) is 0 Å². The summed E-state index contributed by atoms with van der Waals surface area (Å²) in [7, 11) is 0. The Labute approximate surface area is 160 Å². The van der Waals surface area contributed by atoms with Crippen molar-refractivity contribution in [3.05, 3.63) is 46.6 Å². The highest BCUT2D eigenvalue weighted by atomic mass is 14.5. The van der Waals surface area contributed by atoms with Crippen molar-refractivity contribution in [2.45, 2.75) is 55.4 Å². The second-order valence-electron chi connectivity index (χ2n) is 9.01. The first-order chi connectivity index (χ1) is 12.0. The van der Waals surface area contributed by atoms with Gasteiger partial charge in [-0.15, -0.1) is 0 Å². The molecule has 142 valence electrons. The van der Waals surface area contributed by atoms with Gasteiger partial charge in [0.2, 0.25) is 0 Å². The van der Waals surface area contributed by atoms with Crippen LogP contribution in [0.4, 0.5) is 0 Å². The highest BCUT2D eigenvalue weighted by molar-refractivity contribution is 6.12. The van der Waals surface area contributed by atoms with Gasteiger partial charge in [-0.3, -0.25) is 0 Å². The molecule has 0 spiro atoms. The zero-order chi connectivity index (χ0) is 19.8. The molecule has 2 N–H and O–H groups in total. The van der Waals surface area contributed by atoms with E-state index in [0.29, 0.717) is 23.7 Å². The molecular weight excluding hydrogens is 316 g/mol. The molecule has 0 aromatic carbocycles. The molecule has 0 fully saturated rings. The van der Waals surface area contributed by atoms with Gasteiger partial charge in [-0.05, 0) is 46.0 Å². The molecule has 0 bridgehead atoms. The molecule has 26 heavy (non-hydrogen) atoms. The first kappa shape index (κ1) is 20.6. The average Bonchev–Trinajstić information content (AvgIpc) is 2.54. The van der Waals surface area contributed by atoms with Gasteiger partial charge in [0, 0.05) is 11.8 Å². The first-order valence-electron chi connectivity index (χ1n) is 10.1. The predicted octanol–water partition coefficient (Wildman–Crippen LogP) is 6.62. The standard InChI is InChI=1S/C24H36N2/c1-13(2)19-9-17(10-20(14(3)4)23(19)25)18-11-21(15(5)6)24(26)22(12-18)16(7)8/h9-18,25-26H,1-8H3. The molecule has 0 aromatic rings. The van der Waals surface area contributed by atoms with E-state index in [2.05, 4.69) is 79.7 Å². The van der Waals surface area contributed by atoms with Crippen molar-refractivity contribution in [1.29, 1.82) is 10.8 Å². The lowest BCUT2D eigenvalue weighted by molar-refractivity contribution is 0.614. The first-order valence-corrected chi connectivity index (χ1v) is 10.1. The van der Waals surface area contributed by atoms with Gasteiger partial charge in [0.15, 0.2) is 0 Å². The van der Waals surface area contributed by atoms with E-state index in [1.807, 2.05) is 0 Å². The van der Waals surface area contributed by atoms with E-state index in [-0.39, 0.29) is 11.8 Å². The Balaban J connectivity index is 2.55. The van der Waals surface area contributed by atoms with Crippen molar-refractivity contribution >= 4 is 11.4 Å². The zero-order valence-electron chi connectivity index (χ0n) is 17.8. The number of hydrogen-bond acceptors (Lipinski definition) is 2. The van der Waals surface area contributed by atoms with E-state index in [1.165, 1.54) is 22.3 Å². The molecule has 2 aliphatic carbocycles. The Morgan fingerprint density at radius 1 is 0.500 bits per heavy atom. The predicted molar refractivity (Wildman–Crippen MR) is 114 cm³/mol. The maximum Gasteiger partial charge on any atom is 0.0603 e. The summed E-state index contributed by atoms with van der Waals surface area (Å²) in [4.78, 5) is 0. The fourth-order valence-electron chi connectivity index (χ4n) is 3.96. The van der Waals surface area contributed by atoms with Crippen LogP contribution in [0.5, 0.6) is 0 Å². The summed E-state index contributed by atoms with van der Waals surface area (Å²) in [6.07, 6.45) is 9.23. The third kappa shape index (κ3) is 4.00. The third-order valence-corrected chi connectivity index (χ3v) is 5.58. The van der Waals surface area contributed by atoms with E-state index < -0.39 is 0 Å². The van der Waals surface area contributed by atoms with Gasteiger partial charge in [-0.2, -0.15) is 0 Å². The second-order valence-corrected chi connectivity index (χ2v) is 9.01. The van der Waals surface area contributed by atoms with Crippen LogP contribution >= 0.6 is 0 Å². The number of hydrogen-bond donors (Lipinski definition) is 2. The Morgan fingerprint density at radius 3 is 0.846 bits per heavy atom. The summed E-state index contributed by atoms with van der Waals surface area (Å²) in [5, 5.41) is 17.2. The summed E-state index contributed by atoms with van der Waals surface area (Å²) in [5.41, 5.74) is 6.11. The van der Waals surface area contributed by atoms with E-state index >= 15 is 0 Å². The molecule has 0 unspecified atom stereocenters. The molecule has 0 aliphatic heterocycles. The molecule has 0 saturated carbocycles. The average molecular weight is 353 g/mol. The largest absolute Gasteiger partial charge is 0.300 e. The minimum Gasteiger partial charge on any atom is -0.300 e. The Bertz CT molecular complexity index is 590. The molecule has 0 saturated heterocycles. The van der Waals surface area contributed by atoms with E-state index in [1.54, 1.807) is 0 Å². The van der Waals surface area contributed by atoms with Gasteiger partial charge in [-0.1, -0.05) is 79.7 Å². The fourth-order valence-corrected chi connectivity index (χ4v) is 3.96. The van der Waals surface area contributed by atoms with Crippen molar-refractivity contribution in [3.63, 3.8) is 0 Å². The van der Waals surface area contributed by atoms with Crippen LogP contribution in [-0.2, 0) is 0 Å². The Hall–Kier alpha value is -1.70. The highest BCUT2D eigenvalue weighted by Gasteiger charge is 2.30. The molecule has 2 nitrogen and oxygen atoms in total. The Kier molecular flexibility index (Phi) is 6.26. The van der Waals surface area contributed by atoms with Gasteiger partial charge in [0.05, 0.1) is 11.4 Å². The molecule has 2 aliphatic rings. The maximum absolute atomic E-state index is 8.61. The number of nitrogens with one attached hydrogen (secondary N) is 2. The maximum atomic E-state index is 8.61. The van der Waals surface area contributed by atoms with Crippen molar-refractivity contribution in [2.75, 3.05) is 0 Å². The van der Waals surface area contributed by atoms with Crippen LogP contribution in [0, 0.1) is 46.3 Å². The molecule has 0 amide bonds. The molecule has 0 radical (unpaired) electrons. The van der Waals surface area contributed by atoms with Gasteiger partial charge in [0.1, 0.15) is 0 Å². The van der Waals surface area contributed by atoms with Crippen LogP contribution in [0.2, 0.25) is 0 Å². The quantitative estimate of drug-likeness (QED) is 0.559. The zero-order valence-corrected chi connectivity index (χ0v) is 17.8. The van der Waals surface area contributed by atoms with Gasteiger partial charge in [-0.25, -0.2) is 0 Å². The highest BCUT2D eigenvalue weighted by Crippen LogP contribution is 2.37. The minimum absolute atomic E-state index is 0.273. The van der Waals surface area contributed by atoms with Crippen LogP contribution in [0.25, 0.3) is 0 Å². The lowest BCUT2D eigenvalue weighted by Crippen LogP contribution is -2.26. The summed E-state index contributed by atoms with van der Waals surface area (Å²) in [6, 6.07) is 0. The fraction of sp³-hybridized carbons (Fsp3) is 0.583. The lowest BCUT2D eigenvalue weighted by atomic mass is 9.72. The van der Waals surface area contributed by atoms with Gasteiger partial charge < -0.3 is 10.8 Å². The van der Waals surface area contributed by atoms with E-state index in [0.717, 1.165) is 11.4 Å². The van der Waals surface area contributed by atoms with Crippen molar-refractivity contribution < 1.29 is 0 Å². The molecule has 0 heterocycles. The second kappa shape index (κ2) is 7.90. The van der Waals surface area contributed by atoms with Crippen LogP contribution in [0.3, 0.4) is 0 Å². The summed E-state index contributed by atoms with van der Waals surface area (Å²) >= 11 is 0. The third-order valence-electron chi connectivity index (χ3n) is 5.58. The molecule has 0 atom stereocenters. The normalized spacial score (nSPS) is 24.3. The van der Waals surface area contributed by atoms with Gasteiger partial charge in [0.25, 0.3) is 0 Å². The molecule has 2 heteroatoms. The summed E-state index contributed by atoms with van der Waals surface area (Å²) in [6.45, 7) is 17.5. The van der Waals surface area contributed by atoms with Crippen LogP contribution in [0.15, 0.2) is 46.6 Å². The SMILES string of the molecule is CC(C)C1=CC(C2C=C(C(C)C)C(=N)C(C(C)C)=C2)C=C(C(C)C)C1=N. The van der Waals surface area contributed by atoms with Crippen molar-refractivity contribution in [2.24, 2.45) is 35.5 Å². The summed E-state index contributed by atoms with van der Waals surface area (Å²) in [5.74, 6) is 1.98. The van der Waals surface area contributed by atoms with Crippen LogP contribution < -0.4 is 0 Å². The minimum atomic E-state index is 0.273. The molecule has 2 rings (SSSR count). The van der Waals surface area contributed by atoms with Crippen molar-refractivity contribution in [3.8, 4) is 0 Å². The van der Waals surface area contributed by atoms with E-state index in [4.69, 9.17) is 10.8 Å². The number of allylic oxidation sites excluding steroid dienone is 8. The monoisotopic (exact) mass is 352 g/mol. The topological polar surface area (TPSA) is 47.7 Å². The molecular formula is C24H36N2. The Morgan fingerprint density at radius 2 is 0.692 bits per heavy atom.